The summed E-state index contributed by atoms with van der Waals surface area (Å²) in [4.78, 5) is 4.81. The minimum absolute atomic E-state index is 0.159. The molecule has 110 valence electrons. The summed E-state index contributed by atoms with van der Waals surface area (Å²) in [6.07, 6.45) is 2.46. The third-order valence-corrected chi connectivity index (χ3v) is 5.74. The van der Waals surface area contributed by atoms with Crippen molar-refractivity contribution in [1.82, 2.24) is 9.29 Å². The maximum Gasteiger partial charge on any atom is 0.166 e. The fourth-order valence-corrected chi connectivity index (χ4v) is 4.30. The quantitative estimate of drug-likeness (QED) is 0.677. The van der Waals surface area contributed by atoms with Crippen LogP contribution >= 0.6 is 23.3 Å². The Bertz CT molecular complexity index is 569. The van der Waals surface area contributed by atoms with Crippen LogP contribution in [-0.2, 0) is 0 Å². The Morgan fingerprint density at radius 3 is 2.65 bits per heavy atom. The van der Waals surface area contributed by atoms with Crippen LogP contribution in [0.5, 0.6) is 0 Å². The molecule has 0 bridgehead atoms. The van der Waals surface area contributed by atoms with Crippen LogP contribution in [0, 0.1) is 6.92 Å². The Balaban J connectivity index is 2.22. The summed E-state index contributed by atoms with van der Waals surface area (Å²) >= 11 is 3.61. The molecular formula is C16H24N2S2. The molecule has 0 radical (unpaired) electrons. The fourth-order valence-electron chi connectivity index (χ4n) is 2.02. The minimum Gasteiger partial charge on any atom is -0.239 e. The maximum atomic E-state index is 4.81. The van der Waals surface area contributed by atoms with E-state index in [-0.39, 0.29) is 5.54 Å². The van der Waals surface area contributed by atoms with Gasteiger partial charge in [0.25, 0.3) is 0 Å². The number of aromatic nitrogens is 1. The zero-order chi connectivity index (χ0) is 14.8. The molecule has 0 unspecified atom stereocenters. The lowest BCUT2D eigenvalue weighted by atomic mass is 10.1. The van der Waals surface area contributed by atoms with Crippen molar-refractivity contribution < 1.29 is 0 Å². The molecule has 4 heteroatoms. The number of hydrogen-bond donors (Lipinski definition) is 0. The zero-order valence-corrected chi connectivity index (χ0v) is 14.7. The lowest BCUT2D eigenvalue weighted by molar-refractivity contribution is 0.270. The molecule has 20 heavy (non-hydrogen) atoms. The number of thiazole rings is 1. The van der Waals surface area contributed by atoms with Gasteiger partial charge in [0.15, 0.2) is 4.34 Å². The summed E-state index contributed by atoms with van der Waals surface area (Å²) in [6.45, 7) is 12.3. The first kappa shape index (κ1) is 15.8. The Labute approximate surface area is 130 Å². The Morgan fingerprint density at radius 1 is 1.30 bits per heavy atom. The van der Waals surface area contributed by atoms with Crippen molar-refractivity contribution in [3.05, 3.63) is 23.8 Å². The lowest BCUT2D eigenvalue weighted by Crippen LogP contribution is -2.36. The van der Waals surface area contributed by atoms with E-state index in [1.807, 2.05) is 11.9 Å². The van der Waals surface area contributed by atoms with Gasteiger partial charge in [-0.2, -0.15) is 0 Å². The van der Waals surface area contributed by atoms with Crippen molar-refractivity contribution in [3.63, 3.8) is 0 Å². The maximum absolute atomic E-state index is 4.81. The molecule has 2 rings (SSSR count). The van der Waals surface area contributed by atoms with E-state index in [0.717, 1.165) is 16.4 Å². The van der Waals surface area contributed by atoms with Crippen LogP contribution in [0.25, 0.3) is 10.2 Å². The number of benzene rings is 1. The minimum atomic E-state index is 0.159. The largest absolute Gasteiger partial charge is 0.239 e. The number of unbranched alkanes of at least 4 members (excludes halogenated alkanes) is 1. The third-order valence-electron chi connectivity index (χ3n) is 3.25. The molecule has 1 aromatic carbocycles. The van der Waals surface area contributed by atoms with Crippen molar-refractivity contribution >= 4 is 33.5 Å². The van der Waals surface area contributed by atoms with Crippen molar-refractivity contribution in [2.75, 3.05) is 6.54 Å². The van der Waals surface area contributed by atoms with Crippen LogP contribution in [0.15, 0.2) is 22.5 Å². The normalized spacial score (nSPS) is 12.5. The van der Waals surface area contributed by atoms with Crippen LogP contribution in [0.2, 0.25) is 0 Å². The molecule has 2 nitrogen and oxygen atoms in total. The first-order valence-electron chi connectivity index (χ1n) is 7.23. The molecule has 0 atom stereocenters. The summed E-state index contributed by atoms with van der Waals surface area (Å²) in [5.74, 6) is 0. The fraction of sp³-hybridized carbons (Fsp3) is 0.562. The summed E-state index contributed by atoms with van der Waals surface area (Å²) < 4.78 is 4.90. The SMILES string of the molecule is CCCCN(Sc1nc2c(C)cccc2s1)C(C)(C)C. The van der Waals surface area contributed by atoms with Crippen molar-refractivity contribution in [2.24, 2.45) is 0 Å². The number of rotatable bonds is 5. The summed E-state index contributed by atoms with van der Waals surface area (Å²) in [6, 6.07) is 6.41. The van der Waals surface area contributed by atoms with Gasteiger partial charge in [-0.25, -0.2) is 9.29 Å². The molecule has 0 aliphatic rings. The molecule has 0 saturated carbocycles. The van der Waals surface area contributed by atoms with Crippen LogP contribution in [0.4, 0.5) is 0 Å². The summed E-state index contributed by atoms with van der Waals surface area (Å²) in [5.41, 5.74) is 2.58. The second kappa shape index (κ2) is 6.46. The van der Waals surface area contributed by atoms with E-state index in [1.54, 1.807) is 11.3 Å². The molecule has 0 aliphatic heterocycles. The average molecular weight is 309 g/mol. The molecule has 2 aromatic rings. The highest BCUT2D eigenvalue weighted by atomic mass is 32.2. The van der Waals surface area contributed by atoms with E-state index in [9.17, 15) is 0 Å². The molecule has 1 aromatic heterocycles. The standard InChI is InChI=1S/C16H24N2S2/c1-6-7-11-18(16(3,4)5)20-15-17-14-12(2)9-8-10-13(14)19-15/h8-10H,6-7,11H2,1-5H3. The smallest absolute Gasteiger partial charge is 0.166 e. The highest BCUT2D eigenvalue weighted by molar-refractivity contribution is 7.99. The average Bonchev–Trinajstić information content (AvgIpc) is 2.77. The van der Waals surface area contributed by atoms with Gasteiger partial charge in [0, 0.05) is 12.1 Å². The van der Waals surface area contributed by atoms with E-state index in [2.05, 4.69) is 57.1 Å². The van der Waals surface area contributed by atoms with Gasteiger partial charge in [0.05, 0.1) is 10.2 Å². The Kier molecular flexibility index (Phi) is 5.10. The topological polar surface area (TPSA) is 16.1 Å². The number of para-hydroxylation sites is 1. The molecule has 0 aliphatic carbocycles. The van der Waals surface area contributed by atoms with Crippen LogP contribution in [0.1, 0.15) is 46.1 Å². The van der Waals surface area contributed by atoms with Gasteiger partial charge < -0.3 is 0 Å². The molecule has 0 fully saturated rings. The van der Waals surface area contributed by atoms with E-state index in [4.69, 9.17) is 4.98 Å². The highest BCUT2D eigenvalue weighted by Gasteiger charge is 2.23. The summed E-state index contributed by atoms with van der Waals surface area (Å²) in [7, 11) is 0. The number of aryl methyl sites for hydroxylation is 1. The molecule has 0 amide bonds. The highest BCUT2D eigenvalue weighted by Crippen LogP contribution is 2.36. The number of fused-ring (bicyclic) bond motifs is 1. The zero-order valence-electron chi connectivity index (χ0n) is 13.1. The Hall–Kier alpha value is -0.580. The molecule has 0 spiro atoms. The number of hydrogen-bond acceptors (Lipinski definition) is 4. The van der Waals surface area contributed by atoms with E-state index in [1.165, 1.54) is 23.1 Å². The van der Waals surface area contributed by atoms with Gasteiger partial charge in [0.2, 0.25) is 0 Å². The van der Waals surface area contributed by atoms with E-state index in [0.29, 0.717) is 0 Å². The van der Waals surface area contributed by atoms with Gasteiger partial charge in [-0.1, -0.05) is 25.5 Å². The van der Waals surface area contributed by atoms with Crippen molar-refractivity contribution in [2.45, 2.75) is 57.3 Å². The van der Waals surface area contributed by atoms with Gasteiger partial charge in [-0.3, -0.25) is 0 Å². The van der Waals surface area contributed by atoms with Gasteiger partial charge >= 0.3 is 0 Å². The lowest BCUT2D eigenvalue weighted by Gasteiger charge is -2.33. The van der Waals surface area contributed by atoms with Crippen molar-refractivity contribution in [1.29, 1.82) is 0 Å². The van der Waals surface area contributed by atoms with Crippen LogP contribution in [-0.4, -0.2) is 21.4 Å². The van der Waals surface area contributed by atoms with Gasteiger partial charge in [-0.15, -0.1) is 11.3 Å². The van der Waals surface area contributed by atoms with Gasteiger partial charge in [0.1, 0.15) is 0 Å². The van der Waals surface area contributed by atoms with Gasteiger partial charge in [-0.05, 0) is 57.7 Å². The van der Waals surface area contributed by atoms with Crippen LogP contribution < -0.4 is 0 Å². The first-order valence-corrected chi connectivity index (χ1v) is 8.82. The van der Waals surface area contributed by atoms with E-state index >= 15 is 0 Å². The second-order valence-corrected chi connectivity index (χ2v) is 8.42. The first-order chi connectivity index (χ1) is 9.41. The molecule has 0 N–H and O–H groups in total. The summed E-state index contributed by atoms with van der Waals surface area (Å²) in [5, 5.41) is 0. The monoisotopic (exact) mass is 308 g/mol. The van der Waals surface area contributed by atoms with E-state index < -0.39 is 0 Å². The van der Waals surface area contributed by atoms with Crippen LogP contribution in [0.3, 0.4) is 0 Å². The predicted octanol–water partition coefficient (Wildman–Crippen LogP) is 5.51. The molecule has 1 heterocycles. The predicted molar refractivity (Wildman–Crippen MR) is 91.6 cm³/mol. The molecular weight excluding hydrogens is 284 g/mol. The van der Waals surface area contributed by atoms with Crippen molar-refractivity contribution in [3.8, 4) is 0 Å². The molecule has 0 saturated heterocycles. The second-order valence-electron chi connectivity index (χ2n) is 6.12. The third kappa shape index (κ3) is 3.74. The Morgan fingerprint density at radius 2 is 2.05 bits per heavy atom. The number of nitrogens with zero attached hydrogens (tertiary/aromatic N) is 2.